The molecule has 0 aromatic heterocycles. The van der Waals surface area contributed by atoms with Crippen LogP contribution >= 0.6 is 0 Å². The molecule has 6 heteroatoms. The third-order valence-electron chi connectivity index (χ3n) is 4.16. The number of nitrogens with one attached hydrogen (secondary N) is 2. The van der Waals surface area contributed by atoms with Gasteiger partial charge in [-0.15, -0.1) is 0 Å². The lowest BCUT2D eigenvalue weighted by Gasteiger charge is -2.14. The van der Waals surface area contributed by atoms with Gasteiger partial charge in [0.05, 0.1) is 32.7 Å². The summed E-state index contributed by atoms with van der Waals surface area (Å²) in [4.78, 5) is 12.8. The van der Waals surface area contributed by atoms with Gasteiger partial charge >= 0.3 is 0 Å². The van der Waals surface area contributed by atoms with Gasteiger partial charge in [-0.05, 0) is 48.5 Å². The highest BCUT2D eigenvalue weighted by molar-refractivity contribution is 6.06. The molecule has 0 fully saturated rings. The first-order valence-electron chi connectivity index (χ1n) is 8.67. The fourth-order valence-corrected chi connectivity index (χ4v) is 2.66. The fourth-order valence-electron chi connectivity index (χ4n) is 2.66. The highest BCUT2D eigenvalue weighted by Gasteiger charge is 2.12. The van der Waals surface area contributed by atoms with Crippen molar-refractivity contribution in [3.8, 4) is 17.2 Å². The van der Waals surface area contributed by atoms with Crippen LogP contribution in [0.4, 0.5) is 17.1 Å². The Morgan fingerprint density at radius 2 is 1.29 bits per heavy atom. The third kappa shape index (κ3) is 4.54. The average molecular weight is 378 g/mol. The predicted octanol–water partition coefficient (Wildman–Crippen LogP) is 4.71. The Kier molecular flexibility index (Phi) is 6.01. The van der Waals surface area contributed by atoms with Crippen LogP contribution in [0.25, 0.3) is 0 Å². The minimum atomic E-state index is -0.263. The Balaban J connectivity index is 1.82. The molecule has 0 aliphatic rings. The van der Waals surface area contributed by atoms with Crippen LogP contribution in [0.3, 0.4) is 0 Å². The molecule has 3 aromatic rings. The first-order valence-corrected chi connectivity index (χ1v) is 8.67. The van der Waals surface area contributed by atoms with E-state index in [1.165, 1.54) is 0 Å². The third-order valence-corrected chi connectivity index (χ3v) is 4.16. The summed E-state index contributed by atoms with van der Waals surface area (Å²) >= 11 is 0. The summed E-state index contributed by atoms with van der Waals surface area (Å²) in [6.45, 7) is 0. The van der Waals surface area contributed by atoms with E-state index in [0.717, 1.165) is 17.1 Å². The molecule has 0 unspecified atom stereocenters. The van der Waals surface area contributed by atoms with E-state index in [2.05, 4.69) is 10.6 Å². The zero-order chi connectivity index (χ0) is 19.9. The van der Waals surface area contributed by atoms with Crippen molar-refractivity contribution in [1.82, 2.24) is 0 Å². The Labute approximate surface area is 164 Å². The maximum atomic E-state index is 12.8. The van der Waals surface area contributed by atoms with Gasteiger partial charge in [0.25, 0.3) is 5.91 Å². The summed E-state index contributed by atoms with van der Waals surface area (Å²) in [7, 11) is 4.72. The summed E-state index contributed by atoms with van der Waals surface area (Å²) in [5.74, 6) is 1.61. The standard InChI is InChI=1S/C22H22N2O4/c1-26-17-10-8-16(9-11-17)23-20-6-4-5-7-21(20)24-22(25)15-12-18(27-2)14-19(13-15)28-3/h4-14,23H,1-3H3,(H,24,25). The van der Waals surface area contributed by atoms with E-state index in [1.807, 2.05) is 48.5 Å². The van der Waals surface area contributed by atoms with Crippen molar-refractivity contribution in [2.75, 3.05) is 32.0 Å². The number of ether oxygens (including phenoxy) is 3. The Hall–Kier alpha value is -3.67. The van der Waals surface area contributed by atoms with E-state index < -0.39 is 0 Å². The lowest BCUT2D eigenvalue weighted by molar-refractivity contribution is 0.102. The van der Waals surface area contributed by atoms with Crippen molar-refractivity contribution >= 4 is 23.0 Å². The first-order chi connectivity index (χ1) is 13.6. The Morgan fingerprint density at radius 3 is 1.86 bits per heavy atom. The van der Waals surface area contributed by atoms with E-state index in [1.54, 1.807) is 39.5 Å². The zero-order valence-corrected chi connectivity index (χ0v) is 16.0. The summed E-state index contributed by atoms with van der Waals surface area (Å²) in [5, 5.41) is 6.24. The molecule has 6 nitrogen and oxygen atoms in total. The number of methoxy groups -OCH3 is 3. The van der Waals surface area contributed by atoms with Crippen LogP contribution in [0.1, 0.15) is 10.4 Å². The van der Waals surface area contributed by atoms with Crippen molar-refractivity contribution < 1.29 is 19.0 Å². The number of para-hydroxylation sites is 2. The van der Waals surface area contributed by atoms with Gasteiger partial charge in [-0.3, -0.25) is 4.79 Å². The van der Waals surface area contributed by atoms with E-state index in [9.17, 15) is 4.79 Å². The number of amides is 1. The van der Waals surface area contributed by atoms with E-state index in [-0.39, 0.29) is 5.91 Å². The van der Waals surface area contributed by atoms with Crippen molar-refractivity contribution in [1.29, 1.82) is 0 Å². The van der Waals surface area contributed by atoms with Crippen LogP contribution in [-0.4, -0.2) is 27.2 Å². The molecule has 144 valence electrons. The topological polar surface area (TPSA) is 68.8 Å². The largest absolute Gasteiger partial charge is 0.497 e. The summed E-state index contributed by atoms with van der Waals surface area (Å²) in [5.41, 5.74) is 2.75. The van der Waals surface area contributed by atoms with Crippen LogP contribution in [0.5, 0.6) is 17.2 Å². The van der Waals surface area contributed by atoms with Gasteiger partial charge in [-0.2, -0.15) is 0 Å². The Morgan fingerprint density at radius 1 is 0.714 bits per heavy atom. The number of rotatable bonds is 7. The number of carbonyl (C=O) groups is 1. The summed E-state index contributed by atoms with van der Waals surface area (Å²) in [6.07, 6.45) is 0. The van der Waals surface area contributed by atoms with Crippen LogP contribution in [0, 0.1) is 0 Å². The van der Waals surface area contributed by atoms with Gasteiger partial charge in [-0.1, -0.05) is 12.1 Å². The molecule has 28 heavy (non-hydrogen) atoms. The zero-order valence-electron chi connectivity index (χ0n) is 16.0. The van der Waals surface area contributed by atoms with Gasteiger partial charge in [-0.25, -0.2) is 0 Å². The predicted molar refractivity (Wildman–Crippen MR) is 110 cm³/mol. The van der Waals surface area contributed by atoms with Gasteiger partial charge in [0, 0.05) is 17.3 Å². The molecule has 0 aliphatic carbocycles. The average Bonchev–Trinajstić information content (AvgIpc) is 2.75. The molecule has 0 aliphatic heterocycles. The van der Waals surface area contributed by atoms with Gasteiger partial charge < -0.3 is 24.8 Å². The normalized spacial score (nSPS) is 10.1. The van der Waals surface area contributed by atoms with Crippen LogP contribution < -0.4 is 24.8 Å². The van der Waals surface area contributed by atoms with Gasteiger partial charge in [0.1, 0.15) is 17.2 Å². The van der Waals surface area contributed by atoms with Gasteiger partial charge in [0.15, 0.2) is 0 Å². The number of benzene rings is 3. The second-order valence-electron chi connectivity index (χ2n) is 5.95. The molecule has 2 N–H and O–H groups in total. The number of hydrogen-bond donors (Lipinski definition) is 2. The van der Waals surface area contributed by atoms with Crippen LogP contribution in [0.2, 0.25) is 0 Å². The lowest BCUT2D eigenvalue weighted by atomic mass is 10.1. The quantitative estimate of drug-likeness (QED) is 0.623. The number of anilines is 3. The molecule has 3 aromatic carbocycles. The highest BCUT2D eigenvalue weighted by atomic mass is 16.5. The molecular formula is C22H22N2O4. The van der Waals surface area contributed by atoms with E-state index in [0.29, 0.717) is 22.7 Å². The number of hydrogen-bond acceptors (Lipinski definition) is 5. The molecule has 1 amide bonds. The molecule has 3 rings (SSSR count). The monoisotopic (exact) mass is 378 g/mol. The van der Waals surface area contributed by atoms with Gasteiger partial charge in [0.2, 0.25) is 0 Å². The Bertz CT molecular complexity index is 933. The molecule has 0 saturated heterocycles. The minimum Gasteiger partial charge on any atom is -0.497 e. The number of carbonyl (C=O) groups excluding carboxylic acids is 1. The molecule has 0 spiro atoms. The first kappa shape index (κ1) is 19.1. The maximum absolute atomic E-state index is 12.8. The van der Waals surface area contributed by atoms with Crippen LogP contribution in [0.15, 0.2) is 66.7 Å². The molecule has 0 heterocycles. The van der Waals surface area contributed by atoms with E-state index >= 15 is 0 Å². The summed E-state index contributed by atoms with van der Waals surface area (Å²) in [6, 6.07) is 20.1. The highest BCUT2D eigenvalue weighted by Crippen LogP contribution is 2.28. The molecular weight excluding hydrogens is 356 g/mol. The van der Waals surface area contributed by atoms with E-state index in [4.69, 9.17) is 14.2 Å². The van der Waals surface area contributed by atoms with Crippen LogP contribution in [-0.2, 0) is 0 Å². The van der Waals surface area contributed by atoms with Crippen molar-refractivity contribution in [2.24, 2.45) is 0 Å². The van der Waals surface area contributed by atoms with Crippen molar-refractivity contribution in [3.05, 3.63) is 72.3 Å². The second kappa shape index (κ2) is 8.81. The maximum Gasteiger partial charge on any atom is 0.255 e. The lowest BCUT2D eigenvalue weighted by Crippen LogP contribution is -2.13. The minimum absolute atomic E-state index is 0.263. The SMILES string of the molecule is COc1ccc(Nc2ccccc2NC(=O)c2cc(OC)cc(OC)c2)cc1. The molecule has 0 bridgehead atoms. The molecule has 0 atom stereocenters. The van der Waals surface area contributed by atoms with Crippen molar-refractivity contribution in [3.63, 3.8) is 0 Å². The second-order valence-corrected chi connectivity index (χ2v) is 5.95. The molecule has 0 radical (unpaired) electrons. The molecule has 0 saturated carbocycles. The summed E-state index contributed by atoms with van der Waals surface area (Å²) < 4.78 is 15.7. The smallest absolute Gasteiger partial charge is 0.255 e. The fraction of sp³-hybridized carbons (Fsp3) is 0.136. The van der Waals surface area contributed by atoms with Crippen molar-refractivity contribution in [2.45, 2.75) is 0 Å².